The van der Waals surface area contributed by atoms with Gasteiger partial charge in [0.15, 0.2) is 0 Å². The van der Waals surface area contributed by atoms with Crippen LogP contribution in [0.5, 0.6) is 5.75 Å². The summed E-state index contributed by atoms with van der Waals surface area (Å²) in [6, 6.07) is 3.29. The number of amides is 2. The quantitative estimate of drug-likeness (QED) is 0.510. The average molecular weight is 291 g/mol. The molecule has 0 saturated carbocycles. The predicted octanol–water partition coefficient (Wildman–Crippen LogP) is 0.573. The fraction of sp³-hybridized carbons (Fsp3) is 0.167. The van der Waals surface area contributed by atoms with Gasteiger partial charge in [0, 0.05) is 18.7 Å². The number of nitrogens with zero attached hydrogens (tertiary/aromatic N) is 2. The van der Waals surface area contributed by atoms with Crippen LogP contribution < -0.4 is 10.6 Å². The number of hydrogen-bond donors (Lipinski definition) is 5. The largest absolute Gasteiger partial charge is 0.507 e. The predicted molar refractivity (Wildman–Crippen MR) is 72.2 cm³/mol. The first kappa shape index (κ1) is 14.3. The summed E-state index contributed by atoms with van der Waals surface area (Å²) in [5.74, 6) is -0.992. The van der Waals surface area contributed by atoms with Crippen LogP contribution in [0.3, 0.4) is 0 Å². The van der Waals surface area contributed by atoms with E-state index in [0.717, 1.165) is 0 Å². The Kier molecular flexibility index (Phi) is 4.34. The highest BCUT2D eigenvalue weighted by molar-refractivity contribution is 5.95. The Balaban J connectivity index is 1.87. The molecule has 0 bridgehead atoms. The zero-order chi connectivity index (χ0) is 15.2. The number of phenols is 1. The summed E-state index contributed by atoms with van der Waals surface area (Å²) in [7, 11) is 0. The van der Waals surface area contributed by atoms with Crippen LogP contribution >= 0.6 is 0 Å². The lowest BCUT2D eigenvalue weighted by Gasteiger charge is -2.08. The molecule has 0 atom stereocenters. The van der Waals surface area contributed by atoms with Crippen LogP contribution in [-0.2, 0) is 6.42 Å². The fourth-order valence-electron chi connectivity index (χ4n) is 1.61. The third kappa shape index (κ3) is 3.93. The van der Waals surface area contributed by atoms with Crippen molar-refractivity contribution in [1.82, 2.24) is 20.5 Å². The molecule has 21 heavy (non-hydrogen) atoms. The van der Waals surface area contributed by atoms with Crippen molar-refractivity contribution < 1.29 is 19.8 Å². The highest BCUT2D eigenvalue weighted by Crippen LogP contribution is 2.21. The van der Waals surface area contributed by atoms with Crippen LogP contribution in [-0.4, -0.2) is 43.9 Å². The Labute approximate surface area is 119 Å². The van der Waals surface area contributed by atoms with E-state index in [9.17, 15) is 14.7 Å². The number of benzene rings is 1. The van der Waals surface area contributed by atoms with Crippen molar-refractivity contribution in [2.75, 3.05) is 11.9 Å². The van der Waals surface area contributed by atoms with Gasteiger partial charge in [-0.15, -0.1) is 0 Å². The smallest absolute Gasteiger partial charge is 0.339 e. The number of hydrogen-bond acceptors (Lipinski definition) is 5. The summed E-state index contributed by atoms with van der Waals surface area (Å²) in [4.78, 5) is 26.4. The van der Waals surface area contributed by atoms with E-state index in [4.69, 9.17) is 5.11 Å². The van der Waals surface area contributed by atoms with Gasteiger partial charge in [-0.3, -0.25) is 5.10 Å². The lowest BCUT2D eigenvalue weighted by molar-refractivity contribution is 0.0693. The van der Waals surface area contributed by atoms with Gasteiger partial charge in [-0.05, 0) is 18.2 Å². The van der Waals surface area contributed by atoms with Gasteiger partial charge in [0.2, 0.25) is 0 Å². The molecule has 0 saturated heterocycles. The second-order valence-corrected chi connectivity index (χ2v) is 4.10. The van der Waals surface area contributed by atoms with Gasteiger partial charge in [0.25, 0.3) is 0 Å². The second-order valence-electron chi connectivity index (χ2n) is 4.10. The molecule has 0 aliphatic heterocycles. The molecule has 0 aliphatic rings. The van der Waals surface area contributed by atoms with Crippen molar-refractivity contribution in [3.8, 4) is 5.75 Å². The minimum Gasteiger partial charge on any atom is -0.507 e. The third-order valence-corrected chi connectivity index (χ3v) is 2.60. The summed E-state index contributed by atoms with van der Waals surface area (Å²) in [6.45, 7) is 0.338. The Morgan fingerprint density at radius 2 is 2.14 bits per heavy atom. The molecule has 2 rings (SSSR count). The molecule has 1 aromatic heterocycles. The minimum absolute atomic E-state index is 0.266. The summed E-state index contributed by atoms with van der Waals surface area (Å²) in [5.41, 5.74) is -0.0168. The van der Waals surface area contributed by atoms with Crippen molar-refractivity contribution in [1.29, 1.82) is 0 Å². The number of anilines is 1. The molecule has 9 nitrogen and oxygen atoms in total. The van der Waals surface area contributed by atoms with E-state index >= 15 is 0 Å². The number of aromatic amines is 1. The lowest BCUT2D eigenvalue weighted by Crippen LogP contribution is -2.30. The zero-order valence-corrected chi connectivity index (χ0v) is 10.8. The molecule has 0 radical (unpaired) electrons. The van der Waals surface area contributed by atoms with Crippen molar-refractivity contribution >= 4 is 17.7 Å². The summed E-state index contributed by atoms with van der Waals surface area (Å²) >= 11 is 0. The molecule has 2 amide bonds. The topological polar surface area (TPSA) is 140 Å². The molecular formula is C12H13N5O4. The molecule has 5 N–H and O–H groups in total. The van der Waals surface area contributed by atoms with Crippen LogP contribution in [0.1, 0.15) is 16.2 Å². The first-order chi connectivity index (χ1) is 10.1. The van der Waals surface area contributed by atoms with Gasteiger partial charge in [0.1, 0.15) is 23.5 Å². The lowest BCUT2D eigenvalue weighted by atomic mass is 10.2. The molecule has 0 unspecified atom stereocenters. The number of aromatic hydroxyl groups is 1. The molecule has 0 spiro atoms. The molecule has 1 heterocycles. The first-order valence-electron chi connectivity index (χ1n) is 6.01. The molecule has 0 fully saturated rings. The standard InChI is InChI=1S/C12H13N5O4/c18-9-2-1-7(5-8(9)11(19)20)16-12(21)13-4-3-10-14-6-15-17-10/h1-2,5-6,18H,3-4H2,(H,19,20)(H2,13,16,21)(H,14,15,17). The molecule has 1 aromatic carbocycles. The van der Waals surface area contributed by atoms with Gasteiger partial charge in [0.05, 0.1) is 0 Å². The number of carbonyl (C=O) groups excluding carboxylic acids is 1. The van der Waals surface area contributed by atoms with Gasteiger partial charge >= 0.3 is 12.0 Å². The van der Waals surface area contributed by atoms with Crippen LogP contribution in [0.15, 0.2) is 24.5 Å². The van der Waals surface area contributed by atoms with Gasteiger partial charge in [-0.2, -0.15) is 5.10 Å². The number of aromatic carboxylic acids is 1. The maximum atomic E-state index is 11.6. The van der Waals surface area contributed by atoms with E-state index in [1.165, 1.54) is 24.5 Å². The van der Waals surface area contributed by atoms with E-state index in [1.54, 1.807) is 0 Å². The maximum Gasteiger partial charge on any atom is 0.339 e. The Morgan fingerprint density at radius 3 is 2.81 bits per heavy atom. The fourth-order valence-corrected chi connectivity index (χ4v) is 1.61. The van der Waals surface area contributed by atoms with Crippen LogP contribution in [0.4, 0.5) is 10.5 Å². The van der Waals surface area contributed by atoms with E-state index in [-0.39, 0.29) is 17.0 Å². The number of carboxylic acid groups (broad SMARTS) is 1. The van der Waals surface area contributed by atoms with Crippen molar-refractivity contribution in [2.45, 2.75) is 6.42 Å². The Morgan fingerprint density at radius 1 is 1.33 bits per heavy atom. The first-order valence-corrected chi connectivity index (χ1v) is 6.01. The highest BCUT2D eigenvalue weighted by atomic mass is 16.4. The van der Waals surface area contributed by atoms with E-state index in [0.29, 0.717) is 18.8 Å². The van der Waals surface area contributed by atoms with E-state index < -0.39 is 12.0 Å². The highest BCUT2D eigenvalue weighted by Gasteiger charge is 2.11. The van der Waals surface area contributed by atoms with Crippen LogP contribution in [0, 0.1) is 0 Å². The van der Waals surface area contributed by atoms with Crippen LogP contribution in [0.2, 0.25) is 0 Å². The maximum absolute atomic E-state index is 11.6. The third-order valence-electron chi connectivity index (χ3n) is 2.60. The average Bonchev–Trinajstić information content (AvgIpc) is 2.94. The zero-order valence-electron chi connectivity index (χ0n) is 10.8. The molecule has 9 heteroatoms. The number of aromatic nitrogens is 3. The molecule has 0 aliphatic carbocycles. The number of H-pyrrole nitrogens is 1. The van der Waals surface area contributed by atoms with Crippen molar-refractivity contribution in [2.24, 2.45) is 0 Å². The Hall–Kier alpha value is -3.10. The minimum atomic E-state index is -1.28. The van der Waals surface area contributed by atoms with Crippen molar-refractivity contribution in [3.05, 3.63) is 35.9 Å². The van der Waals surface area contributed by atoms with E-state index in [2.05, 4.69) is 25.8 Å². The Bertz CT molecular complexity index is 641. The number of carbonyl (C=O) groups is 2. The van der Waals surface area contributed by atoms with Gasteiger partial charge < -0.3 is 20.8 Å². The number of carboxylic acids is 1. The van der Waals surface area contributed by atoms with Crippen molar-refractivity contribution in [3.63, 3.8) is 0 Å². The van der Waals surface area contributed by atoms with E-state index in [1.807, 2.05) is 0 Å². The van der Waals surface area contributed by atoms with Crippen LogP contribution in [0.25, 0.3) is 0 Å². The molecule has 110 valence electrons. The normalized spacial score (nSPS) is 10.1. The molecular weight excluding hydrogens is 278 g/mol. The number of urea groups is 1. The number of rotatable bonds is 5. The second kappa shape index (κ2) is 6.37. The summed E-state index contributed by atoms with van der Waals surface area (Å²) in [6.07, 6.45) is 1.86. The molecule has 2 aromatic rings. The SMILES string of the molecule is O=C(NCCc1ncn[nH]1)Nc1ccc(O)c(C(=O)O)c1. The summed E-state index contributed by atoms with van der Waals surface area (Å²) < 4.78 is 0. The number of nitrogens with one attached hydrogen (secondary N) is 3. The monoisotopic (exact) mass is 291 g/mol. The summed E-state index contributed by atoms with van der Waals surface area (Å²) in [5, 5.41) is 29.6. The van der Waals surface area contributed by atoms with Gasteiger partial charge in [-0.1, -0.05) is 0 Å². The van der Waals surface area contributed by atoms with Gasteiger partial charge in [-0.25, -0.2) is 14.6 Å².